The second-order valence-electron chi connectivity index (χ2n) is 6.06. The van der Waals surface area contributed by atoms with Crippen molar-refractivity contribution in [3.05, 3.63) is 29.3 Å². The molecule has 4 rings (SSSR count). The molecule has 0 aromatic heterocycles. The number of carbonyl (C=O) groups excluding carboxylic acids is 1. The number of hydrogen-bond donors (Lipinski definition) is 3. The van der Waals surface area contributed by atoms with E-state index < -0.39 is 0 Å². The minimum atomic E-state index is -0.0584. The molecule has 1 aromatic rings. The summed E-state index contributed by atoms with van der Waals surface area (Å²) in [6, 6.07) is 5.36. The topological polar surface area (TPSA) is 82.2 Å². The van der Waals surface area contributed by atoms with E-state index in [4.69, 9.17) is 11.1 Å². The third kappa shape index (κ3) is 2.93. The van der Waals surface area contributed by atoms with Crippen molar-refractivity contribution >= 4 is 17.8 Å². The number of anilines is 1. The molecular formula is C16H22N4O. The number of fused-ring (bicyclic) bond motifs is 4. The zero-order chi connectivity index (χ0) is 14.8. The first-order valence-corrected chi connectivity index (χ1v) is 7.60. The Hall–Kier alpha value is -1.88. The quantitative estimate of drug-likeness (QED) is 0.581. The number of nitrogens with two attached hydrogens (primary N) is 1. The van der Waals surface area contributed by atoms with Crippen molar-refractivity contribution in [1.82, 2.24) is 10.2 Å². The molecule has 3 aliphatic heterocycles. The first kappa shape index (κ1) is 14.1. The number of piperidine rings is 1. The Labute approximate surface area is 125 Å². The molecule has 3 atom stereocenters. The molecule has 5 heteroatoms. The summed E-state index contributed by atoms with van der Waals surface area (Å²) in [5.74, 6) is 0.544. The van der Waals surface area contributed by atoms with Crippen molar-refractivity contribution in [3.63, 3.8) is 0 Å². The molecule has 2 unspecified atom stereocenters. The number of hydrogen-bond acceptors (Lipinski definition) is 4. The Balaban J connectivity index is 1.71. The highest BCUT2D eigenvalue weighted by atomic mass is 16.1. The van der Waals surface area contributed by atoms with E-state index in [0.717, 1.165) is 19.6 Å². The smallest absolute Gasteiger partial charge is 0.251 e. The zero-order valence-electron chi connectivity index (χ0n) is 12.1. The van der Waals surface area contributed by atoms with Crippen molar-refractivity contribution < 1.29 is 4.79 Å². The van der Waals surface area contributed by atoms with Crippen molar-refractivity contribution in [2.24, 2.45) is 5.92 Å². The molecule has 4 N–H and O–H groups in total. The highest BCUT2D eigenvalue weighted by Gasteiger charge is 2.32. The van der Waals surface area contributed by atoms with Crippen LogP contribution in [0.1, 0.15) is 35.2 Å². The lowest BCUT2D eigenvalue weighted by atomic mass is 9.90. The molecule has 3 aliphatic rings. The molecule has 3 saturated heterocycles. The molecule has 0 saturated carbocycles. The first-order chi connectivity index (χ1) is 10.2. The van der Waals surface area contributed by atoms with Crippen molar-refractivity contribution in [3.8, 4) is 0 Å². The van der Waals surface area contributed by atoms with Crippen LogP contribution in [0.2, 0.25) is 0 Å². The van der Waals surface area contributed by atoms with Gasteiger partial charge in [0.1, 0.15) is 0 Å². The van der Waals surface area contributed by atoms with Crippen LogP contribution in [0.25, 0.3) is 0 Å². The van der Waals surface area contributed by atoms with Gasteiger partial charge in [-0.15, -0.1) is 0 Å². The largest absolute Gasteiger partial charge is 0.398 e. The van der Waals surface area contributed by atoms with E-state index in [0.29, 0.717) is 22.7 Å². The van der Waals surface area contributed by atoms with E-state index in [-0.39, 0.29) is 11.9 Å². The second-order valence-corrected chi connectivity index (χ2v) is 6.06. The Morgan fingerprint density at radius 1 is 1.38 bits per heavy atom. The summed E-state index contributed by atoms with van der Waals surface area (Å²) in [6.07, 6.45) is 4.82. The van der Waals surface area contributed by atoms with Crippen LogP contribution in [0.3, 0.4) is 0 Å². The fraction of sp³-hybridized carbons (Fsp3) is 0.500. The number of carbonyl (C=O) groups is 1. The molecule has 3 fully saturated rings. The highest BCUT2D eigenvalue weighted by molar-refractivity contribution is 5.97. The van der Waals surface area contributed by atoms with Crippen LogP contribution in [-0.4, -0.2) is 42.7 Å². The zero-order valence-corrected chi connectivity index (χ0v) is 12.1. The van der Waals surface area contributed by atoms with Crippen LogP contribution in [0.5, 0.6) is 0 Å². The number of nitrogens with one attached hydrogen (secondary N) is 2. The lowest BCUT2D eigenvalue weighted by Gasteiger charge is -2.35. The minimum absolute atomic E-state index is 0.0584. The van der Waals surface area contributed by atoms with Gasteiger partial charge in [0.05, 0.1) is 0 Å². The van der Waals surface area contributed by atoms with Crippen LogP contribution >= 0.6 is 0 Å². The first-order valence-electron chi connectivity index (χ1n) is 7.60. The van der Waals surface area contributed by atoms with E-state index in [2.05, 4.69) is 10.2 Å². The summed E-state index contributed by atoms with van der Waals surface area (Å²) in [5, 5.41) is 10.4. The lowest BCUT2D eigenvalue weighted by molar-refractivity contribution is 0.0880. The van der Waals surface area contributed by atoms with Gasteiger partial charge in [-0.25, -0.2) is 0 Å². The van der Waals surface area contributed by atoms with E-state index in [9.17, 15) is 4.79 Å². The highest BCUT2D eigenvalue weighted by Crippen LogP contribution is 2.27. The van der Waals surface area contributed by atoms with E-state index in [1.165, 1.54) is 25.5 Å². The molecule has 1 amide bonds. The number of amides is 1. The molecule has 21 heavy (non-hydrogen) atoms. The van der Waals surface area contributed by atoms with Crippen LogP contribution in [0, 0.1) is 11.3 Å². The fourth-order valence-corrected chi connectivity index (χ4v) is 3.46. The van der Waals surface area contributed by atoms with Crippen LogP contribution in [-0.2, 0) is 0 Å². The van der Waals surface area contributed by atoms with Gasteiger partial charge in [0.2, 0.25) is 0 Å². The molecule has 0 aliphatic carbocycles. The summed E-state index contributed by atoms with van der Waals surface area (Å²) in [7, 11) is 0. The lowest BCUT2D eigenvalue weighted by Crippen LogP contribution is -2.50. The van der Waals surface area contributed by atoms with Crippen LogP contribution in [0.4, 0.5) is 5.69 Å². The van der Waals surface area contributed by atoms with E-state index >= 15 is 0 Å². The van der Waals surface area contributed by atoms with Crippen molar-refractivity contribution in [1.29, 1.82) is 5.41 Å². The predicted octanol–water partition coefficient (Wildman–Crippen LogP) is 1.48. The molecule has 0 spiro atoms. The average Bonchev–Trinajstić information content (AvgIpc) is 2.82. The SMILES string of the molecule is N=Cc1ccc(C(=O)N[C@H]2CN3CCCC2CC3)cc1N. The van der Waals surface area contributed by atoms with Crippen LogP contribution in [0.15, 0.2) is 18.2 Å². The maximum Gasteiger partial charge on any atom is 0.251 e. The monoisotopic (exact) mass is 286 g/mol. The number of nitrogen functional groups attached to an aromatic ring is 1. The van der Waals surface area contributed by atoms with Gasteiger partial charge in [-0.2, -0.15) is 0 Å². The summed E-state index contributed by atoms with van der Waals surface area (Å²) >= 11 is 0. The molecule has 2 bridgehead atoms. The standard InChI is InChI=1S/C16H22N4O/c17-9-13-4-3-12(8-14(13)18)16(21)19-15-10-20-6-1-2-11(15)5-7-20/h3-4,8-9,11,15,17H,1-2,5-7,10,18H2,(H,19,21)/t11?,15-/m0/s1. The van der Waals surface area contributed by atoms with Gasteiger partial charge in [0.15, 0.2) is 0 Å². The molecular weight excluding hydrogens is 264 g/mol. The third-order valence-corrected chi connectivity index (χ3v) is 4.71. The van der Waals surface area contributed by atoms with Gasteiger partial charge in [-0.05, 0) is 50.4 Å². The Bertz CT molecular complexity index is 553. The third-order valence-electron chi connectivity index (χ3n) is 4.71. The molecule has 0 radical (unpaired) electrons. The van der Waals surface area contributed by atoms with Crippen molar-refractivity contribution in [2.45, 2.75) is 25.3 Å². The average molecular weight is 286 g/mol. The number of rotatable bonds is 3. The van der Waals surface area contributed by atoms with E-state index in [1.54, 1.807) is 18.2 Å². The Morgan fingerprint density at radius 2 is 2.24 bits per heavy atom. The summed E-state index contributed by atoms with van der Waals surface area (Å²) < 4.78 is 0. The number of nitrogens with zero attached hydrogens (tertiary/aromatic N) is 1. The molecule has 3 heterocycles. The van der Waals surface area contributed by atoms with Gasteiger partial charge in [-0.3, -0.25) is 4.79 Å². The summed E-state index contributed by atoms with van der Waals surface area (Å²) in [4.78, 5) is 14.9. The molecule has 5 nitrogen and oxygen atoms in total. The fourth-order valence-electron chi connectivity index (χ4n) is 3.46. The predicted molar refractivity (Wildman–Crippen MR) is 83.8 cm³/mol. The molecule has 1 aromatic carbocycles. The minimum Gasteiger partial charge on any atom is -0.398 e. The van der Waals surface area contributed by atoms with Gasteiger partial charge < -0.3 is 21.4 Å². The second kappa shape index (κ2) is 5.85. The summed E-state index contributed by atoms with van der Waals surface area (Å²) in [5.41, 5.74) is 7.55. The van der Waals surface area contributed by atoms with Gasteiger partial charge >= 0.3 is 0 Å². The maximum absolute atomic E-state index is 12.4. The number of benzene rings is 1. The maximum atomic E-state index is 12.4. The van der Waals surface area contributed by atoms with E-state index in [1.807, 2.05) is 0 Å². The van der Waals surface area contributed by atoms with Crippen molar-refractivity contribution in [2.75, 3.05) is 25.4 Å². The van der Waals surface area contributed by atoms with Gasteiger partial charge in [0, 0.05) is 35.6 Å². The summed E-state index contributed by atoms with van der Waals surface area (Å²) in [6.45, 7) is 3.28. The Kier molecular flexibility index (Phi) is 3.92. The van der Waals surface area contributed by atoms with Crippen LogP contribution < -0.4 is 11.1 Å². The van der Waals surface area contributed by atoms with Gasteiger partial charge in [0.25, 0.3) is 5.91 Å². The molecule has 112 valence electrons. The Morgan fingerprint density at radius 3 is 3.00 bits per heavy atom. The normalized spacial score (nSPS) is 27.9. The van der Waals surface area contributed by atoms with Gasteiger partial charge in [-0.1, -0.05) is 6.07 Å².